The van der Waals surface area contributed by atoms with Gasteiger partial charge >= 0.3 is 6.03 Å². The van der Waals surface area contributed by atoms with Crippen LogP contribution in [0.15, 0.2) is 10.8 Å². The second-order valence-electron chi connectivity index (χ2n) is 5.50. The molecule has 0 bridgehead atoms. The van der Waals surface area contributed by atoms with Gasteiger partial charge in [0.1, 0.15) is 5.76 Å². The maximum Gasteiger partial charge on any atom is 0.336 e. The molecule has 1 aliphatic heterocycles. The predicted molar refractivity (Wildman–Crippen MR) is 69.6 cm³/mol. The highest BCUT2D eigenvalue weighted by Crippen LogP contribution is 2.37. The summed E-state index contributed by atoms with van der Waals surface area (Å²) in [5.74, 6) is 1.22. The summed E-state index contributed by atoms with van der Waals surface area (Å²) in [5.41, 5.74) is 4.98. The Hall–Kier alpha value is -2.05. The van der Waals surface area contributed by atoms with Gasteiger partial charge in [0.15, 0.2) is 12.1 Å². The molecular formula is C13H18N4O3. The van der Waals surface area contributed by atoms with Crippen LogP contribution < -0.4 is 10.9 Å². The van der Waals surface area contributed by atoms with Gasteiger partial charge in [-0.25, -0.2) is 15.2 Å². The van der Waals surface area contributed by atoms with Gasteiger partial charge in [-0.2, -0.15) is 0 Å². The first-order valence-electron chi connectivity index (χ1n) is 6.90. The zero-order valence-corrected chi connectivity index (χ0v) is 11.4. The van der Waals surface area contributed by atoms with Crippen molar-refractivity contribution in [1.29, 1.82) is 0 Å². The zero-order chi connectivity index (χ0) is 14.1. The highest BCUT2D eigenvalue weighted by molar-refractivity contribution is 5.94. The minimum Gasteiger partial charge on any atom is -0.448 e. The van der Waals surface area contributed by atoms with E-state index in [1.165, 1.54) is 25.7 Å². The zero-order valence-electron chi connectivity index (χ0n) is 11.4. The molecule has 2 N–H and O–H groups in total. The summed E-state index contributed by atoms with van der Waals surface area (Å²) in [4.78, 5) is 29.3. The fourth-order valence-electron chi connectivity index (χ4n) is 3.17. The molecule has 0 unspecified atom stereocenters. The fraction of sp³-hybridized carbons (Fsp3) is 0.615. The van der Waals surface area contributed by atoms with E-state index in [0.717, 1.165) is 13.1 Å². The van der Waals surface area contributed by atoms with Gasteiger partial charge in [-0.05, 0) is 31.6 Å². The van der Waals surface area contributed by atoms with Gasteiger partial charge in [-0.3, -0.25) is 10.2 Å². The van der Waals surface area contributed by atoms with E-state index in [0.29, 0.717) is 17.6 Å². The largest absolute Gasteiger partial charge is 0.448 e. The SMILES string of the molecule is Cc1ocnc1C(=O)NNC(=O)N1C[C@H]2CCC[C@H]2C1. The summed E-state index contributed by atoms with van der Waals surface area (Å²) in [6.07, 6.45) is 4.89. The predicted octanol–water partition coefficient (Wildman–Crippen LogP) is 1.07. The number of oxazole rings is 1. The van der Waals surface area contributed by atoms with Gasteiger partial charge in [0, 0.05) is 13.1 Å². The number of nitrogens with one attached hydrogen (secondary N) is 2. The number of likely N-dealkylation sites (tertiary alicyclic amines) is 1. The highest BCUT2D eigenvalue weighted by atomic mass is 16.3. The third kappa shape index (κ3) is 2.35. The number of hydrogen-bond acceptors (Lipinski definition) is 4. The van der Waals surface area contributed by atoms with Crippen molar-refractivity contribution in [2.75, 3.05) is 13.1 Å². The molecule has 1 saturated heterocycles. The van der Waals surface area contributed by atoms with Crippen molar-refractivity contribution in [3.05, 3.63) is 17.8 Å². The average molecular weight is 278 g/mol. The number of hydrazine groups is 1. The van der Waals surface area contributed by atoms with Gasteiger partial charge in [-0.15, -0.1) is 0 Å². The smallest absolute Gasteiger partial charge is 0.336 e. The summed E-state index contributed by atoms with van der Waals surface area (Å²) in [6, 6.07) is -0.256. The summed E-state index contributed by atoms with van der Waals surface area (Å²) in [7, 11) is 0. The molecule has 1 aromatic rings. The van der Waals surface area contributed by atoms with Crippen LogP contribution >= 0.6 is 0 Å². The van der Waals surface area contributed by atoms with E-state index in [4.69, 9.17) is 4.42 Å². The second kappa shape index (κ2) is 5.15. The summed E-state index contributed by atoms with van der Waals surface area (Å²) < 4.78 is 4.95. The molecule has 1 saturated carbocycles. The lowest BCUT2D eigenvalue weighted by molar-refractivity contribution is 0.0925. The van der Waals surface area contributed by atoms with E-state index in [1.54, 1.807) is 11.8 Å². The number of fused-ring (bicyclic) bond motifs is 1. The van der Waals surface area contributed by atoms with Crippen molar-refractivity contribution >= 4 is 11.9 Å². The number of carbonyl (C=O) groups excluding carboxylic acids is 2. The van der Waals surface area contributed by atoms with Gasteiger partial charge in [-0.1, -0.05) is 6.42 Å². The molecule has 1 aromatic heterocycles. The summed E-state index contributed by atoms with van der Waals surface area (Å²) in [6.45, 7) is 3.22. The lowest BCUT2D eigenvalue weighted by Crippen LogP contribution is -2.48. The van der Waals surface area contributed by atoms with Crippen molar-refractivity contribution in [1.82, 2.24) is 20.7 Å². The molecule has 2 heterocycles. The standard InChI is InChI=1S/C13H18N4O3/c1-8-11(14-7-20-8)12(18)15-16-13(19)17-5-9-3-2-4-10(9)6-17/h7,9-10H,2-6H2,1H3,(H,15,18)(H,16,19)/t9-,10+. The Morgan fingerprint density at radius 3 is 2.60 bits per heavy atom. The molecule has 2 fully saturated rings. The molecule has 20 heavy (non-hydrogen) atoms. The van der Waals surface area contributed by atoms with Crippen LogP contribution in [0.4, 0.5) is 4.79 Å². The maximum absolute atomic E-state index is 12.0. The number of urea groups is 1. The fourth-order valence-corrected chi connectivity index (χ4v) is 3.17. The normalized spacial score (nSPS) is 24.6. The molecule has 7 heteroatoms. The van der Waals surface area contributed by atoms with E-state index in [-0.39, 0.29) is 11.7 Å². The Balaban J connectivity index is 1.50. The number of aryl methyl sites for hydroxylation is 1. The Labute approximate surface area is 116 Å². The third-order valence-corrected chi connectivity index (χ3v) is 4.26. The Morgan fingerprint density at radius 2 is 2.00 bits per heavy atom. The first-order valence-corrected chi connectivity index (χ1v) is 6.90. The number of amides is 3. The van der Waals surface area contributed by atoms with Crippen molar-refractivity contribution in [2.45, 2.75) is 26.2 Å². The molecule has 108 valence electrons. The van der Waals surface area contributed by atoms with Crippen LogP contribution in [0.25, 0.3) is 0 Å². The third-order valence-electron chi connectivity index (χ3n) is 4.26. The minimum atomic E-state index is -0.469. The Bertz CT molecular complexity index is 515. The first-order chi connectivity index (χ1) is 9.65. The van der Waals surface area contributed by atoms with Crippen LogP contribution in [0.5, 0.6) is 0 Å². The van der Waals surface area contributed by atoms with Crippen molar-refractivity contribution in [3.63, 3.8) is 0 Å². The molecule has 0 spiro atoms. The summed E-state index contributed by atoms with van der Waals surface area (Å²) in [5, 5.41) is 0. The molecule has 2 atom stereocenters. The number of rotatable bonds is 1. The van der Waals surface area contributed by atoms with E-state index >= 15 is 0 Å². The monoisotopic (exact) mass is 278 g/mol. The van der Waals surface area contributed by atoms with Crippen LogP contribution in [0.3, 0.4) is 0 Å². The second-order valence-corrected chi connectivity index (χ2v) is 5.50. The van der Waals surface area contributed by atoms with Crippen LogP contribution in [-0.4, -0.2) is 34.9 Å². The molecule has 3 rings (SSSR count). The van der Waals surface area contributed by atoms with E-state index in [9.17, 15) is 9.59 Å². The lowest BCUT2D eigenvalue weighted by atomic mass is 10.0. The van der Waals surface area contributed by atoms with Crippen LogP contribution in [0.2, 0.25) is 0 Å². The maximum atomic E-state index is 12.0. The number of aromatic nitrogens is 1. The van der Waals surface area contributed by atoms with Crippen molar-refractivity contribution < 1.29 is 14.0 Å². The van der Waals surface area contributed by atoms with Crippen molar-refractivity contribution in [2.24, 2.45) is 11.8 Å². The van der Waals surface area contributed by atoms with Crippen LogP contribution in [-0.2, 0) is 0 Å². The Kier molecular flexibility index (Phi) is 3.33. The van der Waals surface area contributed by atoms with Gasteiger partial charge in [0.2, 0.25) is 0 Å². The molecular weight excluding hydrogens is 260 g/mol. The average Bonchev–Trinajstić information content (AvgIpc) is 3.09. The molecule has 7 nitrogen and oxygen atoms in total. The highest BCUT2D eigenvalue weighted by Gasteiger charge is 2.38. The van der Waals surface area contributed by atoms with E-state index < -0.39 is 5.91 Å². The summed E-state index contributed by atoms with van der Waals surface area (Å²) >= 11 is 0. The molecule has 2 aliphatic rings. The molecule has 1 aliphatic carbocycles. The number of carbonyl (C=O) groups is 2. The first kappa shape index (κ1) is 13.0. The van der Waals surface area contributed by atoms with Crippen LogP contribution in [0.1, 0.15) is 35.5 Å². The molecule has 0 radical (unpaired) electrons. The van der Waals surface area contributed by atoms with Gasteiger partial charge in [0.25, 0.3) is 5.91 Å². The Morgan fingerprint density at radius 1 is 1.30 bits per heavy atom. The van der Waals surface area contributed by atoms with Crippen molar-refractivity contribution in [3.8, 4) is 0 Å². The van der Waals surface area contributed by atoms with E-state index in [1.807, 2.05) is 0 Å². The molecule has 3 amide bonds. The van der Waals surface area contributed by atoms with Gasteiger partial charge in [0.05, 0.1) is 0 Å². The van der Waals surface area contributed by atoms with E-state index in [2.05, 4.69) is 15.8 Å². The quantitative estimate of drug-likeness (QED) is 0.752. The lowest BCUT2D eigenvalue weighted by Gasteiger charge is -2.18. The van der Waals surface area contributed by atoms with Crippen LogP contribution in [0, 0.1) is 18.8 Å². The van der Waals surface area contributed by atoms with Gasteiger partial charge < -0.3 is 9.32 Å². The number of nitrogens with zero attached hydrogens (tertiary/aromatic N) is 2. The number of hydrogen-bond donors (Lipinski definition) is 2. The molecule has 0 aromatic carbocycles. The minimum absolute atomic E-state index is 0.184. The topological polar surface area (TPSA) is 87.5 Å².